The molecule has 0 aliphatic carbocycles. The Morgan fingerprint density at radius 2 is 1.72 bits per heavy atom. The van der Waals surface area contributed by atoms with Crippen molar-refractivity contribution in [2.45, 2.75) is 84.2 Å². The van der Waals surface area contributed by atoms with Gasteiger partial charge in [-0.15, -0.1) is 0 Å². The van der Waals surface area contributed by atoms with Crippen molar-refractivity contribution in [1.82, 2.24) is 10.6 Å². The Hall–Kier alpha value is -2.45. The van der Waals surface area contributed by atoms with Gasteiger partial charge in [-0.1, -0.05) is 18.2 Å². The summed E-state index contributed by atoms with van der Waals surface area (Å²) in [6, 6.07) is 8.03. The zero-order chi connectivity index (χ0) is 24.1. The largest absolute Gasteiger partial charge is 0.458 e. The van der Waals surface area contributed by atoms with E-state index in [1.807, 2.05) is 19.9 Å². The van der Waals surface area contributed by atoms with E-state index in [-0.39, 0.29) is 12.0 Å². The van der Waals surface area contributed by atoms with Crippen LogP contribution in [-0.2, 0) is 19.1 Å². The number of ether oxygens (including phenoxy) is 2. The molecule has 0 radical (unpaired) electrons. The lowest BCUT2D eigenvalue weighted by atomic mass is 10.0. The van der Waals surface area contributed by atoms with Gasteiger partial charge in [-0.25, -0.2) is 4.79 Å². The van der Waals surface area contributed by atoms with Crippen LogP contribution in [0.2, 0.25) is 0 Å². The lowest BCUT2D eigenvalue weighted by Gasteiger charge is -2.28. The van der Waals surface area contributed by atoms with Crippen LogP contribution in [0, 0.1) is 0 Å². The molecule has 1 aromatic rings. The van der Waals surface area contributed by atoms with Crippen molar-refractivity contribution in [3.8, 4) is 0 Å². The summed E-state index contributed by atoms with van der Waals surface area (Å²) in [6.07, 6.45) is 0.894. The van der Waals surface area contributed by atoms with Crippen LogP contribution in [0.3, 0.4) is 0 Å². The van der Waals surface area contributed by atoms with E-state index < -0.39 is 29.6 Å². The molecule has 0 saturated heterocycles. The van der Waals surface area contributed by atoms with E-state index in [0.29, 0.717) is 44.4 Å². The third-order valence-corrected chi connectivity index (χ3v) is 4.75. The van der Waals surface area contributed by atoms with E-state index in [0.717, 1.165) is 0 Å². The molecule has 2 amide bonds. The van der Waals surface area contributed by atoms with Crippen molar-refractivity contribution < 1.29 is 29.0 Å². The second-order valence-corrected chi connectivity index (χ2v) is 8.71. The maximum Gasteiger partial charge on any atom is 0.329 e. The molecule has 0 aromatic heterocycles. The fourth-order valence-corrected chi connectivity index (χ4v) is 2.84. The fourth-order valence-electron chi connectivity index (χ4n) is 2.84. The Morgan fingerprint density at radius 1 is 1.06 bits per heavy atom. The molecule has 0 heterocycles. The fraction of sp³-hybridized carbons (Fsp3) is 0.625. The number of carbonyl (C=O) groups excluding carboxylic acids is 3. The normalized spacial score (nSPS) is 13.3. The Morgan fingerprint density at radius 3 is 2.31 bits per heavy atom. The molecule has 1 aromatic carbocycles. The SMILES string of the molecule is CC(C)OCCC(C)(C)OC(=O)C(CCCCNC(=O)c1ccccc1)NC(=O)C(C)O. The highest BCUT2D eigenvalue weighted by Crippen LogP contribution is 2.17. The lowest BCUT2D eigenvalue weighted by Crippen LogP contribution is -2.47. The second kappa shape index (κ2) is 13.9. The smallest absolute Gasteiger partial charge is 0.329 e. The van der Waals surface area contributed by atoms with Crippen molar-refractivity contribution in [3.05, 3.63) is 35.9 Å². The van der Waals surface area contributed by atoms with Gasteiger partial charge in [0, 0.05) is 18.5 Å². The lowest BCUT2D eigenvalue weighted by molar-refractivity contribution is -0.162. The first-order valence-corrected chi connectivity index (χ1v) is 11.2. The molecule has 8 heteroatoms. The van der Waals surface area contributed by atoms with Gasteiger partial charge >= 0.3 is 5.97 Å². The summed E-state index contributed by atoms with van der Waals surface area (Å²) in [5.74, 6) is -1.35. The van der Waals surface area contributed by atoms with Crippen LogP contribution in [0.5, 0.6) is 0 Å². The van der Waals surface area contributed by atoms with Gasteiger partial charge < -0.3 is 25.2 Å². The van der Waals surface area contributed by atoms with Crippen LogP contribution in [0.15, 0.2) is 30.3 Å². The third-order valence-electron chi connectivity index (χ3n) is 4.75. The van der Waals surface area contributed by atoms with Crippen LogP contribution in [0.4, 0.5) is 0 Å². The minimum absolute atomic E-state index is 0.0851. The maximum absolute atomic E-state index is 12.7. The van der Waals surface area contributed by atoms with Crippen LogP contribution in [0.1, 0.15) is 70.7 Å². The summed E-state index contributed by atoms with van der Waals surface area (Å²) in [7, 11) is 0. The zero-order valence-electron chi connectivity index (χ0n) is 19.8. The minimum Gasteiger partial charge on any atom is -0.458 e. The summed E-state index contributed by atoms with van der Waals surface area (Å²) >= 11 is 0. The summed E-state index contributed by atoms with van der Waals surface area (Å²) in [4.78, 5) is 36.8. The Balaban J connectivity index is 2.55. The van der Waals surface area contributed by atoms with Gasteiger partial charge in [0.05, 0.1) is 12.7 Å². The number of nitrogens with one attached hydrogen (secondary N) is 2. The van der Waals surface area contributed by atoms with E-state index in [2.05, 4.69) is 10.6 Å². The van der Waals surface area contributed by atoms with Crippen molar-refractivity contribution in [3.63, 3.8) is 0 Å². The summed E-state index contributed by atoms with van der Waals surface area (Å²) in [6.45, 7) is 9.68. The van der Waals surface area contributed by atoms with Crippen molar-refractivity contribution >= 4 is 17.8 Å². The molecule has 0 saturated carbocycles. The molecule has 3 N–H and O–H groups in total. The number of aliphatic hydroxyl groups is 1. The van der Waals surface area contributed by atoms with Crippen LogP contribution >= 0.6 is 0 Å². The quantitative estimate of drug-likeness (QED) is 0.297. The molecule has 32 heavy (non-hydrogen) atoms. The van der Waals surface area contributed by atoms with Crippen LogP contribution in [0.25, 0.3) is 0 Å². The first-order valence-electron chi connectivity index (χ1n) is 11.2. The molecule has 0 fully saturated rings. The third kappa shape index (κ3) is 11.2. The number of aliphatic hydroxyl groups excluding tert-OH is 1. The van der Waals surface area contributed by atoms with Crippen LogP contribution in [-0.4, -0.2) is 59.9 Å². The predicted molar refractivity (Wildman–Crippen MR) is 122 cm³/mol. The molecule has 180 valence electrons. The predicted octanol–water partition coefficient (Wildman–Crippen LogP) is 2.59. The Labute approximate surface area is 191 Å². The molecule has 1 rings (SSSR count). The maximum atomic E-state index is 12.7. The van der Waals surface area contributed by atoms with Gasteiger partial charge in [-0.05, 0) is 66.0 Å². The number of amides is 2. The van der Waals surface area contributed by atoms with E-state index in [1.165, 1.54) is 6.92 Å². The number of unbranched alkanes of at least 4 members (excludes halogenated alkanes) is 1. The highest BCUT2D eigenvalue weighted by molar-refractivity contribution is 5.94. The second-order valence-electron chi connectivity index (χ2n) is 8.71. The number of carbonyl (C=O) groups is 3. The molecule has 8 nitrogen and oxygen atoms in total. The molecule has 0 aliphatic heterocycles. The van der Waals surface area contributed by atoms with Gasteiger partial charge in [0.15, 0.2) is 0 Å². The van der Waals surface area contributed by atoms with Crippen LogP contribution < -0.4 is 10.6 Å². The number of hydrogen-bond donors (Lipinski definition) is 3. The van der Waals surface area contributed by atoms with Gasteiger partial charge in [-0.2, -0.15) is 0 Å². The van der Waals surface area contributed by atoms with Crippen molar-refractivity contribution in [1.29, 1.82) is 0 Å². The molecular weight excluding hydrogens is 412 g/mol. The molecule has 2 atom stereocenters. The van der Waals surface area contributed by atoms with E-state index in [9.17, 15) is 19.5 Å². The minimum atomic E-state index is -1.23. The number of hydrogen-bond acceptors (Lipinski definition) is 6. The van der Waals surface area contributed by atoms with Crippen molar-refractivity contribution in [2.24, 2.45) is 0 Å². The Bertz CT molecular complexity index is 718. The Kier molecular flexibility index (Phi) is 11.9. The highest BCUT2D eigenvalue weighted by Gasteiger charge is 2.29. The van der Waals surface area contributed by atoms with Gasteiger partial charge in [-0.3, -0.25) is 9.59 Å². The molecular formula is C24H38N2O6. The van der Waals surface area contributed by atoms with Gasteiger partial charge in [0.2, 0.25) is 5.91 Å². The molecule has 0 aliphatic rings. The molecule has 0 spiro atoms. The van der Waals surface area contributed by atoms with E-state index in [1.54, 1.807) is 38.1 Å². The van der Waals surface area contributed by atoms with E-state index >= 15 is 0 Å². The average molecular weight is 451 g/mol. The van der Waals surface area contributed by atoms with Gasteiger partial charge in [0.1, 0.15) is 17.7 Å². The average Bonchev–Trinajstić information content (AvgIpc) is 2.71. The first-order chi connectivity index (χ1) is 15.0. The zero-order valence-corrected chi connectivity index (χ0v) is 19.8. The summed E-state index contributed by atoms with van der Waals surface area (Å²) < 4.78 is 11.2. The summed E-state index contributed by atoms with van der Waals surface area (Å²) in [5, 5.41) is 14.9. The topological polar surface area (TPSA) is 114 Å². The first kappa shape index (κ1) is 27.6. The highest BCUT2D eigenvalue weighted by atomic mass is 16.6. The number of esters is 1. The van der Waals surface area contributed by atoms with E-state index in [4.69, 9.17) is 9.47 Å². The number of rotatable bonds is 14. The monoisotopic (exact) mass is 450 g/mol. The molecule has 0 bridgehead atoms. The molecule has 2 unspecified atom stereocenters. The number of benzene rings is 1. The van der Waals surface area contributed by atoms with Crippen molar-refractivity contribution in [2.75, 3.05) is 13.2 Å². The van der Waals surface area contributed by atoms with Gasteiger partial charge in [0.25, 0.3) is 5.91 Å². The standard InChI is InChI=1S/C24H38N2O6/c1-17(2)31-16-14-24(4,5)32-23(30)20(26-21(28)18(3)27)13-9-10-15-25-22(29)19-11-7-6-8-12-19/h6-8,11-12,17-18,20,27H,9-10,13-16H2,1-5H3,(H,25,29)(H,26,28). The summed E-state index contributed by atoms with van der Waals surface area (Å²) in [5.41, 5.74) is -0.175.